The fourth-order valence-electron chi connectivity index (χ4n) is 1.68. The maximum atomic E-state index is 13.4. The first kappa shape index (κ1) is 14.0. The number of rotatable bonds is 2. The molecule has 6 heteroatoms. The van der Waals surface area contributed by atoms with Gasteiger partial charge in [0.15, 0.2) is 0 Å². The van der Waals surface area contributed by atoms with Crippen LogP contribution in [0.3, 0.4) is 0 Å². The van der Waals surface area contributed by atoms with Gasteiger partial charge in [-0.3, -0.25) is 10.4 Å². The molecule has 1 heterocycles. The Morgan fingerprint density at radius 3 is 2.75 bits per heavy atom. The van der Waals surface area contributed by atoms with E-state index in [0.717, 1.165) is 0 Å². The Balaban J connectivity index is 2.26. The highest BCUT2D eigenvalue weighted by Crippen LogP contribution is 2.28. The van der Waals surface area contributed by atoms with Crippen LogP contribution in [0, 0.1) is 5.82 Å². The Kier molecular flexibility index (Phi) is 3.74. The van der Waals surface area contributed by atoms with Gasteiger partial charge < -0.3 is 4.74 Å². The highest BCUT2D eigenvalue weighted by Gasteiger charge is 2.18. The number of aromatic nitrogens is 2. The predicted octanol–water partition coefficient (Wildman–Crippen LogP) is 3.56. The number of aromatic amines is 1. The molecule has 2 aromatic rings. The number of anilines is 1. The number of carbonyl (C=O) groups excluding carboxylic acids is 1. The fraction of sp³-hybridized carbons (Fsp3) is 0.286. The molecule has 2 N–H and O–H groups in total. The lowest BCUT2D eigenvalue weighted by molar-refractivity contribution is 0.0636. The number of halogens is 1. The molecule has 5 nitrogen and oxygen atoms in total. The normalized spacial score (nSPS) is 11.2. The van der Waals surface area contributed by atoms with E-state index in [2.05, 4.69) is 15.5 Å². The second kappa shape index (κ2) is 5.32. The van der Waals surface area contributed by atoms with Gasteiger partial charge in [0.1, 0.15) is 11.4 Å². The van der Waals surface area contributed by atoms with Crippen LogP contribution in [0.5, 0.6) is 0 Å². The molecule has 0 fully saturated rings. The second-order valence-corrected chi connectivity index (χ2v) is 5.30. The van der Waals surface area contributed by atoms with Gasteiger partial charge in [0.05, 0.1) is 11.9 Å². The zero-order valence-corrected chi connectivity index (χ0v) is 11.5. The van der Waals surface area contributed by atoms with Crippen LogP contribution in [0.1, 0.15) is 20.8 Å². The van der Waals surface area contributed by atoms with E-state index in [1.54, 1.807) is 33.2 Å². The molecular formula is C14H16FN3O2. The third-order valence-corrected chi connectivity index (χ3v) is 2.43. The first-order valence-electron chi connectivity index (χ1n) is 6.14. The molecule has 0 unspecified atom stereocenters. The van der Waals surface area contributed by atoms with E-state index in [-0.39, 0.29) is 0 Å². The Morgan fingerprint density at radius 2 is 2.15 bits per heavy atom. The smallest absolute Gasteiger partial charge is 0.412 e. The average molecular weight is 277 g/mol. The number of nitrogens with one attached hydrogen (secondary N) is 2. The fourth-order valence-corrected chi connectivity index (χ4v) is 1.68. The number of H-pyrrole nitrogens is 1. The Hall–Kier alpha value is -2.37. The zero-order valence-electron chi connectivity index (χ0n) is 11.5. The lowest BCUT2D eigenvalue weighted by atomic mass is 10.1. The summed E-state index contributed by atoms with van der Waals surface area (Å²) < 4.78 is 18.6. The van der Waals surface area contributed by atoms with E-state index in [4.69, 9.17) is 4.74 Å². The van der Waals surface area contributed by atoms with Crippen molar-refractivity contribution in [2.45, 2.75) is 26.4 Å². The average Bonchev–Trinajstić information content (AvgIpc) is 2.82. The first-order chi connectivity index (χ1) is 9.35. The van der Waals surface area contributed by atoms with Gasteiger partial charge in [0.25, 0.3) is 0 Å². The molecule has 0 bridgehead atoms. The number of ether oxygens (including phenoxy) is 1. The molecule has 0 aliphatic heterocycles. The van der Waals surface area contributed by atoms with Crippen LogP contribution in [0.15, 0.2) is 30.6 Å². The van der Waals surface area contributed by atoms with Crippen LogP contribution in [0.2, 0.25) is 0 Å². The maximum Gasteiger partial charge on any atom is 0.412 e. The SMILES string of the molecule is CC(C)(C)OC(=O)Nc1ccc(F)cc1-c1cn[nH]c1. The van der Waals surface area contributed by atoms with Gasteiger partial charge in [-0.15, -0.1) is 0 Å². The molecule has 0 saturated carbocycles. The molecule has 0 aliphatic rings. The summed E-state index contributed by atoms with van der Waals surface area (Å²) in [6.07, 6.45) is 2.58. The van der Waals surface area contributed by atoms with Crippen LogP contribution in [0.25, 0.3) is 11.1 Å². The summed E-state index contributed by atoms with van der Waals surface area (Å²) in [5, 5.41) is 9.08. The van der Waals surface area contributed by atoms with Crippen LogP contribution in [0.4, 0.5) is 14.9 Å². The third kappa shape index (κ3) is 3.57. The standard InChI is InChI=1S/C14H16FN3O2/c1-14(2,3)20-13(19)18-12-5-4-10(15)6-11(12)9-7-16-17-8-9/h4-8H,1-3H3,(H,16,17)(H,18,19). The van der Waals surface area contributed by atoms with Gasteiger partial charge in [-0.2, -0.15) is 5.10 Å². The number of carbonyl (C=O) groups is 1. The van der Waals surface area contributed by atoms with Crippen molar-refractivity contribution in [3.05, 3.63) is 36.4 Å². The van der Waals surface area contributed by atoms with E-state index in [1.165, 1.54) is 18.2 Å². The molecule has 106 valence electrons. The Bertz CT molecular complexity index is 603. The van der Waals surface area contributed by atoms with Crippen molar-refractivity contribution in [3.8, 4) is 11.1 Å². The van der Waals surface area contributed by atoms with Crippen LogP contribution >= 0.6 is 0 Å². The highest BCUT2D eigenvalue weighted by atomic mass is 19.1. The monoisotopic (exact) mass is 277 g/mol. The summed E-state index contributed by atoms with van der Waals surface area (Å²) in [6, 6.07) is 4.09. The van der Waals surface area contributed by atoms with Gasteiger partial charge in [0.2, 0.25) is 0 Å². The predicted molar refractivity (Wildman–Crippen MR) is 73.8 cm³/mol. The molecule has 1 amide bonds. The van der Waals surface area contributed by atoms with Crippen molar-refractivity contribution in [1.82, 2.24) is 10.2 Å². The molecular weight excluding hydrogens is 261 g/mol. The molecule has 20 heavy (non-hydrogen) atoms. The minimum Gasteiger partial charge on any atom is -0.444 e. The third-order valence-electron chi connectivity index (χ3n) is 2.43. The summed E-state index contributed by atoms with van der Waals surface area (Å²) >= 11 is 0. The van der Waals surface area contributed by atoms with Gasteiger partial charge in [-0.05, 0) is 39.0 Å². The number of hydrogen-bond acceptors (Lipinski definition) is 3. The lowest BCUT2D eigenvalue weighted by Gasteiger charge is -2.20. The van der Waals surface area contributed by atoms with Crippen LogP contribution in [-0.2, 0) is 4.74 Å². The topological polar surface area (TPSA) is 67.0 Å². The maximum absolute atomic E-state index is 13.4. The summed E-state index contributed by atoms with van der Waals surface area (Å²) in [5.41, 5.74) is 1.07. The van der Waals surface area contributed by atoms with E-state index in [9.17, 15) is 9.18 Å². The van der Waals surface area contributed by atoms with Crippen molar-refractivity contribution in [3.63, 3.8) is 0 Å². The molecule has 0 saturated heterocycles. The molecule has 1 aromatic heterocycles. The highest BCUT2D eigenvalue weighted by molar-refractivity contribution is 5.91. The molecule has 0 radical (unpaired) electrons. The molecule has 0 spiro atoms. The molecule has 1 aromatic carbocycles. The van der Waals surface area contributed by atoms with Gasteiger partial charge in [-0.1, -0.05) is 0 Å². The van der Waals surface area contributed by atoms with Crippen LogP contribution in [-0.4, -0.2) is 21.9 Å². The van der Waals surface area contributed by atoms with Crippen LogP contribution < -0.4 is 5.32 Å². The molecule has 0 atom stereocenters. The minimum absolute atomic E-state index is 0.393. The first-order valence-corrected chi connectivity index (χ1v) is 6.14. The summed E-state index contributed by atoms with van der Waals surface area (Å²) in [7, 11) is 0. The largest absolute Gasteiger partial charge is 0.444 e. The summed E-state index contributed by atoms with van der Waals surface area (Å²) in [4.78, 5) is 11.8. The van der Waals surface area contributed by atoms with Gasteiger partial charge in [-0.25, -0.2) is 9.18 Å². The van der Waals surface area contributed by atoms with Crippen molar-refractivity contribution in [2.75, 3.05) is 5.32 Å². The van der Waals surface area contributed by atoms with Crippen molar-refractivity contribution in [1.29, 1.82) is 0 Å². The minimum atomic E-state index is -0.597. The lowest BCUT2D eigenvalue weighted by Crippen LogP contribution is -2.27. The van der Waals surface area contributed by atoms with E-state index >= 15 is 0 Å². The zero-order chi connectivity index (χ0) is 14.8. The number of benzene rings is 1. The van der Waals surface area contributed by atoms with E-state index in [0.29, 0.717) is 16.8 Å². The van der Waals surface area contributed by atoms with E-state index < -0.39 is 17.5 Å². The van der Waals surface area contributed by atoms with Crippen molar-refractivity contribution < 1.29 is 13.9 Å². The summed E-state index contributed by atoms with van der Waals surface area (Å²) in [6.45, 7) is 5.32. The van der Waals surface area contributed by atoms with Gasteiger partial charge in [0, 0.05) is 17.3 Å². The number of hydrogen-bond donors (Lipinski definition) is 2. The quantitative estimate of drug-likeness (QED) is 0.882. The summed E-state index contributed by atoms with van der Waals surface area (Å²) in [5.74, 6) is -0.393. The second-order valence-electron chi connectivity index (χ2n) is 5.30. The molecule has 2 rings (SSSR count). The van der Waals surface area contributed by atoms with Gasteiger partial charge >= 0.3 is 6.09 Å². The number of amides is 1. The Morgan fingerprint density at radius 1 is 1.40 bits per heavy atom. The van der Waals surface area contributed by atoms with Crippen molar-refractivity contribution in [2.24, 2.45) is 0 Å². The van der Waals surface area contributed by atoms with E-state index in [1.807, 2.05) is 0 Å². The molecule has 0 aliphatic carbocycles. The Labute approximate surface area is 116 Å². The number of nitrogens with zero attached hydrogens (tertiary/aromatic N) is 1. The van der Waals surface area contributed by atoms with Crippen molar-refractivity contribution >= 4 is 11.8 Å².